The number of benzene rings is 1. The Labute approximate surface area is 154 Å². The maximum absolute atomic E-state index is 12.9. The molecular weight excluding hydrogens is 363 g/mol. The summed E-state index contributed by atoms with van der Waals surface area (Å²) in [5, 5.41) is 9.97. The van der Waals surface area contributed by atoms with Gasteiger partial charge in [0.2, 0.25) is 0 Å². The molecule has 1 saturated heterocycles. The summed E-state index contributed by atoms with van der Waals surface area (Å²) in [5.41, 5.74) is -0.692. The number of alkyl halides is 3. The number of anilines is 1. The molecular formula is C18H20F3N3O3. The van der Waals surface area contributed by atoms with Gasteiger partial charge in [0.1, 0.15) is 5.82 Å². The van der Waals surface area contributed by atoms with Gasteiger partial charge in [-0.15, -0.1) is 0 Å². The van der Waals surface area contributed by atoms with Crippen LogP contribution in [0.2, 0.25) is 0 Å². The third-order valence-electron chi connectivity index (χ3n) is 4.43. The second-order valence-corrected chi connectivity index (χ2v) is 6.60. The summed E-state index contributed by atoms with van der Waals surface area (Å²) in [6.07, 6.45) is -3.11. The minimum Gasteiger partial charge on any atom is -0.480 e. The molecule has 1 aliphatic rings. The Morgan fingerprint density at radius 1 is 1.41 bits per heavy atom. The minimum absolute atomic E-state index is 0.0907. The second-order valence-electron chi connectivity index (χ2n) is 6.60. The van der Waals surface area contributed by atoms with Gasteiger partial charge in [-0.25, -0.2) is 4.98 Å². The average molecular weight is 383 g/mol. The molecule has 0 amide bonds. The van der Waals surface area contributed by atoms with Gasteiger partial charge in [-0.2, -0.15) is 13.2 Å². The van der Waals surface area contributed by atoms with Gasteiger partial charge in [0, 0.05) is 31.2 Å². The molecule has 6 nitrogen and oxygen atoms in total. The van der Waals surface area contributed by atoms with E-state index in [2.05, 4.69) is 4.98 Å². The van der Waals surface area contributed by atoms with Crippen LogP contribution in [-0.2, 0) is 15.7 Å². The van der Waals surface area contributed by atoms with E-state index in [-0.39, 0.29) is 12.6 Å². The summed E-state index contributed by atoms with van der Waals surface area (Å²) in [6, 6.07) is 5.19. The van der Waals surface area contributed by atoms with Crippen LogP contribution >= 0.6 is 0 Å². The maximum atomic E-state index is 12.9. The SMILES string of the molecule is CN(CC(=O)O)CC1CN(c2nccc3cc(C(F)(F)F)ccc23)CCO1. The fraction of sp³-hybridized carbons (Fsp3) is 0.444. The number of hydrogen-bond donors (Lipinski definition) is 1. The highest BCUT2D eigenvalue weighted by Gasteiger charge is 2.31. The number of aliphatic carboxylic acids is 1. The Kier molecular flexibility index (Phi) is 5.52. The second kappa shape index (κ2) is 7.69. The average Bonchev–Trinajstić information content (AvgIpc) is 2.59. The number of aromatic nitrogens is 1. The lowest BCUT2D eigenvalue weighted by atomic mass is 10.1. The number of pyridine rings is 1. The molecule has 27 heavy (non-hydrogen) atoms. The highest BCUT2D eigenvalue weighted by atomic mass is 19.4. The van der Waals surface area contributed by atoms with Crippen LogP contribution in [0.3, 0.4) is 0 Å². The van der Waals surface area contributed by atoms with Crippen molar-refractivity contribution in [1.29, 1.82) is 0 Å². The molecule has 9 heteroatoms. The van der Waals surface area contributed by atoms with E-state index in [4.69, 9.17) is 9.84 Å². The molecule has 2 heterocycles. The first-order valence-corrected chi connectivity index (χ1v) is 8.47. The van der Waals surface area contributed by atoms with Crippen LogP contribution in [0.25, 0.3) is 10.8 Å². The molecule has 3 rings (SSSR count). The van der Waals surface area contributed by atoms with Crippen LogP contribution in [0.1, 0.15) is 5.56 Å². The molecule has 1 N–H and O–H groups in total. The van der Waals surface area contributed by atoms with Crippen LogP contribution in [0.15, 0.2) is 30.5 Å². The van der Waals surface area contributed by atoms with Gasteiger partial charge in [-0.05, 0) is 30.6 Å². The third-order valence-corrected chi connectivity index (χ3v) is 4.43. The molecule has 0 spiro atoms. The van der Waals surface area contributed by atoms with E-state index in [0.29, 0.717) is 42.8 Å². The third kappa shape index (κ3) is 4.67. The van der Waals surface area contributed by atoms with Crippen LogP contribution in [0.4, 0.5) is 19.0 Å². The van der Waals surface area contributed by atoms with Crippen molar-refractivity contribution in [2.24, 2.45) is 0 Å². The number of nitrogens with zero attached hydrogens (tertiary/aromatic N) is 3. The summed E-state index contributed by atoms with van der Waals surface area (Å²) >= 11 is 0. The summed E-state index contributed by atoms with van der Waals surface area (Å²) in [7, 11) is 1.70. The number of carboxylic acid groups (broad SMARTS) is 1. The molecule has 0 saturated carbocycles. The lowest BCUT2D eigenvalue weighted by Crippen LogP contribution is -2.48. The van der Waals surface area contributed by atoms with E-state index < -0.39 is 17.7 Å². The molecule has 1 fully saturated rings. The van der Waals surface area contributed by atoms with E-state index in [0.717, 1.165) is 12.1 Å². The lowest BCUT2D eigenvalue weighted by Gasteiger charge is -2.35. The Morgan fingerprint density at radius 3 is 2.89 bits per heavy atom. The maximum Gasteiger partial charge on any atom is 0.416 e. The molecule has 2 aromatic rings. The number of ether oxygens (including phenoxy) is 1. The summed E-state index contributed by atoms with van der Waals surface area (Å²) < 4.78 is 44.5. The van der Waals surface area contributed by atoms with Crippen LogP contribution in [0, 0.1) is 0 Å². The summed E-state index contributed by atoms with van der Waals surface area (Å²) in [5.74, 6) is -0.309. The Balaban J connectivity index is 1.81. The lowest BCUT2D eigenvalue weighted by molar-refractivity contribution is -0.139. The Bertz CT molecular complexity index is 828. The number of fused-ring (bicyclic) bond motifs is 1. The predicted molar refractivity (Wildman–Crippen MR) is 93.8 cm³/mol. The van der Waals surface area contributed by atoms with Crippen molar-refractivity contribution >= 4 is 22.6 Å². The zero-order valence-electron chi connectivity index (χ0n) is 14.7. The number of hydrogen-bond acceptors (Lipinski definition) is 5. The van der Waals surface area contributed by atoms with Crippen molar-refractivity contribution in [2.45, 2.75) is 12.3 Å². The quantitative estimate of drug-likeness (QED) is 0.856. The smallest absolute Gasteiger partial charge is 0.416 e. The molecule has 1 unspecified atom stereocenters. The molecule has 0 radical (unpaired) electrons. The van der Waals surface area contributed by atoms with Crippen molar-refractivity contribution < 1.29 is 27.8 Å². The van der Waals surface area contributed by atoms with E-state index in [1.54, 1.807) is 18.0 Å². The molecule has 1 atom stereocenters. The molecule has 1 aromatic heterocycles. The monoisotopic (exact) mass is 383 g/mol. The normalized spacial score (nSPS) is 18.3. The van der Waals surface area contributed by atoms with Crippen molar-refractivity contribution in [3.63, 3.8) is 0 Å². The van der Waals surface area contributed by atoms with Crippen LogP contribution in [-0.4, -0.2) is 66.9 Å². The number of rotatable bonds is 5. The fourth-order valence-corrected chi connectivity index (χ4v) is 3.26. The first-order chi connectivity index (χ1) is 12.7. The molecule has 0 aliphatic carbocycles. The Morgan fingerprint density at radius 2 is 2.19 bits per heavy atom. The number of morpholine rings is 1. The van der Waals surface area contributed by atoms with E-state index in [9.17, 15) is 18.0 Å². The highest BCUT2D eigenvalue weighted by Crippen LogP contribution is 2.33. The fourth-order valence-electron chi connectivity index (χ4n) is 3.26. The highest BCUT2D eigenvalue weighted by molar-refractivity contribution is 5.92. The van der Waals surface area contributed by atoms with Gasteiger partial charge in [0.05, 0.1) is 24.8 Å². The van der Waals surface area contributed by atoms with Gasteiger partial charge < -0.3 is 14.7 Å². The zero-order chi connectivity index (χ0) is 19.6. The number of halogens is 3. The summed E-state index contributed by atoms with van der Waals surface area (Å²) in [6.45, 7) is 1.83. The van der Waals surface area contributed by atoms with E-state index >= 15 is 0 Å². The Hall–Kier alpha value is -2.39. The van der Waals surface area contributed by atoms with E-state index in [1.165, 1.54) is 12.3 Å². The molecule has 0 bridgehead atoms. The van der Waals surface area contributed by atoms with Gasteiger partial charge in [0.15, 0.2) is 0 Å². The van der Waals surface area contributed by atoms with Crippen LogP contribution < -0.4 is 4.90 Å². The molecule has 1 aliphatic heterocycles. The van der Waals surface area contributed by atoms with Gasteiger partial charge >= 0.3 is 12.1 Å². The first kappa shape index (κ1) is 19.4. The number of carbonyl (C=O) groups is 1. The molecule has 146 valence electrons. The zero-order valence-corrected chi connectivity index (χ0v) is 14.7. The predicted octanol–water partition coefficient (Wildman–Crippen LogP) is 2.48. The largest absolute Gasteiger partial charge is 0.480 e. The van der Waals surface area contributed by atoms with Crippen molar-refractivity contribution in [3.05, 3.63) is 36.0 Å². The topological polar surface area (TPSA) is 65.9 Å². The van der Waals surface area contributed by atoms with Crippen LogP contribution in [0.5, 0.6) is 0 Å². The van der Waals surface area contributed by atoms with E-state index in [1.807, 2.05) is 4.90 Å². The van der Waals surface area contributed by atoms with Gasteiger partial charge in [0.25, 0.3) is 0 Å². The van der Waals surface area contributed by atoms with Crippen molar-refractivity contribution in [3.8, 4) is 0 Å². The van der Waals surface area contributed by atoms with Gasteiger partial charge in [-0.1, -0.05) is 6.07 Å². The molecule has 1 aromatic carbocycles. The number of likely N-dealkylation sites (N-methyl/N-ethyl adjacent to an activating group) is 1. The minimum atomic E-state index is -4.39. The first-order valence-electron chi connectivity index (χ1n) is 8.47. The summed E-state index contributed by atoms with van der Waals surface area (Å²) in [4.78, 5) is 18.8. The standard InChI is InChI=1S/C18H20F3N3O3/c1-23(11-16(25)26)9-14-10-24(6-7-27-14)17-15-3-2-13(18(19,20)21)8-12(15)4-5-22-17/h2-5,8,14H,6-7,9-11H2,1H3,(H,25,26). The van der Waals surface area contributed by atoms with Crippen molar-refractivity contribution in [1.82, 2.24) is 9.88 Å². The number of carboxylic acids is 1. The van der Waals surface area contributed by atoms with Crippen molar-refractivity contribution in [2.75, 3.05) is 44.7 Å². The van der Waals surface area contributed by atoms with Gasteiger partial charge in [-0.3, -0.25) is 9.69 Å².